The van der Waals surface area contributed by atoms with Crippen LogP contribution in [0, 0.1) is 0 Å². The van der Waals surface area contributed by atoms with Gasteiger partial charge in [0.1, 0.15) is 0 Å². The average molecular weight is 453 g/mol. The lowest BCUT2D eigenvalue weighted by Gasteiger charge is -2.38. The van der Waals surface area contributed by atoms with Gasteiger partial charge in [-0.05, 0) is 48.2 Å². The first-order chi connectivity index (χ1) is 16.3. The summed E-state index contributed by atoms with van der Waals surface area (Å²) in [5.74, 6) is 0.0810. The molecule has 0 bridgehead atoms. The van der Waals surface area contributed by atoms with E-state index in [0.29, 0.717) is 18.7 Å². The first kappa shape index (κ1) is 21.9. The van der Waals surface area contributed by atoms with E-state index < -0.39 is 11.6 Å². The fourth-order valence-corrected chi connectivity index (χ4v) is 4.89. The highest BCUT2D eigenvalue weighted by Gasteiger charge is 2.38. The maximum atomic E-state index is 13.4. The second-order valence-electron chi connectivity index (χ2n) is 9.59. The molecule has 172 valence electrons. The summed E-state index contributed by atoms with van der Waals surface area (Å²) < 4.78 is 0. The lowest BCUT2D eigenvalue weighted by molar-refractivity contribution is -0.130. The molecule has 0 spiro atoms. The third-order valence-electron chi connectivity index (χ3n) is 6.47. The highest BCUT2D eigenvalue weighted by molar-refractivity contribution is 6.00. The van der Waals surface area contributed by atoms with Crippen LogP contribution in [0.15, 0.2) is 83.9 Å². The second kappa shape index (κ2) is 8.45. The first-order valence-corrected chi connectivity index (χ1v) is 11.5. The summed E-state index contributed by atoms with van der Waals surface area (Å²) in [7, 11) is 0. The largest absolute Gasteiger partial charge is 0.369 e. The number of nitrogens with two attached hydrogens (primary N) is 1. The van der Waals surface area contributed by atoms with E-state index in [9.17, 15) is 9.59 Å². The molecule has 0 aliphatic carbocycles. The number of carbonyl (C=O) groups is 2. The van der Waals surface area contributed by atoms with E-state index in [4.69, 9.17) is 5.73 Å². The fourth-order valence-electron chi connectivity index (χ4n) is 4.89. The minimum absolute atomic E-state index is 0.0300. The SMILES string of the molecule is CC1(C)CC(=O)N(C(c2ccccc2)c2cccc(C(=O)N3Cc4ccccc4C3)c2)C(N)=N1. The molecule has 0 saturated carbocycles. The minimum atomic E-state index is -0.540. The second-order valence-corrected chi connectivity index (χ2v) is 9.59. The number of nitrogens with zero attached hydrogens (tertiary/aromatic N) is 3. The van der Waals surface area contributed by atoms with E-state index in [2.05, 4.69) is 17.1 Å². The van der Waals surface area contributed by atoms with Gasteiger partial charge in [-0.25, -0.2) is 4.99 Å². The van der Waals surface area contributed by atoms with Gasteiger partial charge in [-0.2, -0.15) is 0 Å². The Morgan fingerprint density at radius 2 is 1.53 bits per heavy atom. The predicted molar refractivity (Wildman–Crippen MR) is 132 cm³/mol. The van der Waals surface area contributed by atoms with Crippen LogP contribution in [0.3, 0.4) is 0 Å². The summed E-state index contributed by atoms with van der Waals surface area (Å²) in [5, 5.41) is 0. The Morgan fingerprint density at radius 3 is 2.18 bits per heavy atom. The lowest BCUT2D eigenvalue weighted by atomic mass is 9.92. The molecule has 0 aromatic heterocycles. The van der Waals surface area contributed by atoms with Gasteiger partial charge >= 0.3 is 0 Å². The molecule has 3 aromatic rings. The number of hydrogen-bond donors (Lipinski definition) is 1. The van der Waals surface area contributed by atoms with E-state index in [1.807, 2.05) is 85.5 Å². The molecule has 0 radical (unpaired) electrons. The summed E-state index contributed by atoms with van der Waals surface area (Å²) >= 11 is 0. The Balaban J connectivity index is 1.52. The smallest absolute Gasteiger partial charge is 0.254 e. The zero-order valence-electron chi connectivity index (χ0n) is 19.4. The van der Waals surface area contributed by atoms with Gasteiger partial charge in [0, 0.05) is 18.7 Å². The molecule has 3 aromatic carbocycles. The van der Waals surface area contributed by atoms with Crippen molar-refractivity contribution in [2.45, 2.75) is 44.9 Å². The van der Waals surface area contributed by atoms with E-state index >= 15 is 0 Å². The van der Waals surface area contributed by atoms with Crippen LogP contribution in [-0.4, -0.2) is 33.1 Å². The van der Waals surface area contributed by atoms with Crippen molar-refractivity contribution in [2.75, 3.05) is 0 Å². The van der Waals surface area contributed by atoms with Crippen molar-refractivity contribution in [1.29, 1.82) is 0 Å². The molecule has 6 nitrogen and oxygen atoms in total. The maximum Gasteiger partial charge on any atom is 0.254 e. The Hall–Kier alpha value is -3.93. The molecule has 5 rings (SSSR count). The van der Waals surface area contributed by atoms with E-state index in [-0.39, 0.29) is 24.2 Å². The van der Waals surface area contributed by atoms with Crippen molar-refractivity contribution < 1.29 is 9.59 Å². The summed E-state index contributed by atoms with van der Waals surface area (Å²) in [6, 6.07) is 24.9. The lowest BCUT2D eigenvalue weighted by Crippen LogP contribution is -2.51. The van der Waals surface area contributed by atoms with Crippen LogP contribution >= 0.6 is 0 Å². The predicted octanol–water partition coefficient (Wildman–Crippen LogP) is 4.26. The third-order valence-corrected chi connectivity index (χ3v) is 6.47. The Kier molecular flexibility index (Phi) is 5.44. The van der Waals surface area contributed by atoms with Crippen molar-refractivity contribution in [1.82, 2.24) is 9.80 Å². The zero-order chi connectivity index (χ0) is 23.9. The number of rotatable bonds is 4. The molecule has 2 aliphatic heterocycles. The topological polar surface area (TPSA) is 79.0 Å². The van der Waals surface area contributed by atoms with Crippen LogP contribution in [0.25, 0.3) is 0 Å². The Morgan fingerprint density at radius 1 is 0.912 bits per heavy atom. The highest BCUT2D eigenvalue weighted by Crippen LogP contribution is 2.34. The number of aliphatic imine (C=N–C) groups is 1. The normalized spacial score (nSPS) is 17.8. The van der Waals surface area contributed by atoms with Gasteiger partial charge in [0.15, 0.2) is 5.96 Å². The monoisotopic (exact) mass is 452 g/mol. The fraction of sp³-hybridized carbons (Fsp3) is 0.250. The number of benzene rings is 3. The molecule has 2 N–H and O–H groups in total. The van der Waals surface area contributed by atoms with E-state index in [0.717, 1.165) is 11.1 Å². The summed E-state index contributed by atoms with van der Waals surface area (Å²) in [5.41, 5.74) is 10.5. The van der Waals surface area contributed by atoms with E-state index in [1.54, 1.807) is 4.90 Å². The average Bonchev–Trinajstić information content (AvgIpc) is 3.25. The number of fused-ring (bicyclic) bond motifs is 1. The van der Waals surface area contributed by atoms with Crippen molar-refractivity contribution in [3.05, 3.63) is 107 Å². The van der Waals surface area contributed by atoms with Crippen molar-refractivity contribution >= 4 is 17.8 Å². The minimum Gasteiger partial charge on any atom is -0.369 e. The van der Waals surface area contributed by atoms with Gasteiger partial charge in [-0.3, -0.25) is 14.5 Å². The molecule has 2 heterocycles. The van der Waals surface area contributed by atoms with Gasteiger partial charge in [0.2, 0.25) is 5.91 Å². The van der Waals surface area contributed by atoms with Crippen LogP contribution in [0.2, 0.25) is 0 Å². The van der Waals surface area contributed by atoms with Crippen molar-refractivity contribution in [3.63, 3.8) is 0 Å². The van der Waals surface area contributed by atoms with Crippen molar-refractivity contribution in [3.8, 4) is 0 Å². The Bertz CT molecular complexity index is 1260. The Labute approximate surface area is 199 Å². The molecule has 2 aliphatic rings. The molecule has 0 saturated heterocycles. The molecule has 0 fully saturated rings. The van der Waals surface area contributed by atoms with Gasteiger partial charge in [0.05, 0.1) is 18.0 Å². The summed E-state index contributed by atoms with van der Waals surface area (Å²) in [6.07, 6.45) is 0.266. The summed E-state index contributed by atoms with van der Waals surface area (Å²) in [4.78, 5) is 34.7. The van der Waals surface area contributed by atoms with Crippen LogP contribution < -0.4 is 5.73 Å². The molecular formula is C28H28N4O2. The van der Waals surface area contributed by atoms with Crippen molar-refractivity contribution in [2.24, 2.45) is 10.7 Å². The number of amides is 2. The number of hydrogen-bond acceptors (Lipinski definition) is 4. The molecule has 34 heavy (non-hydrogen) atoms. The molecule has 2 amide bonds. The van der Waals surface area contributed by atoms with Gasteiger partial charge in [-0.1, -0.05) is 66.7 Å². The highest BCUT2D eigenvalue weighted by atomic mass is 16.2. The maximum absolute atomic E-state index is 13.4. The zero-order valence-corrected chi connectivity index (χ0v) is 19.4. The van der Waals surface area contributed by atoms with Gasteiger partial charge < -0.3 is 10.6 Å². The number of carbonyl (C=O) groups excluding carboxylic acids is 2. The molecule has 1 atom stereocenters. The van der Waals surface area contributed by atoms with Gasteiger partial charge in [0.25, 0.3) is 5.91 Å². The quantitative estimate of drug-likeness (QED) is 0.643. The standard InChI is InChI=1S/C28H28N4O2/c1-28(2)16-24(33)32(27(29)30-28)25(19-9-4-3-5-10-19)20-13-8-14-21(15-20)26(34)31-17-22-11-6-7-12-23(22)18-31/h3-15,25H,16-18H2,1-2H3,(H2,29,30). The number of guanidine groups is 1. The third kappa shape index (κ3) is 4.07. The summed E-state index contributed by atoms with van der Waals surface area (Å²) in [6.45, 7) is 5.00. The van der Waals surface area contributed by atoms with Crippen LogP contribution in [-0.2, 0) is 17.9 Å². The van der Waals surface area contributed by atoms with Crippen LogP contribution in [0.5, 0.6) is 0 Å². The van der Waals surface area contributed by atoms with Gasteiger partial charge in [-0.15, -0.1) is 0 Å². The molecular weight excluding hydrogens is 424 g/mol. The molecule has 6 heteroatoms. The van der Waals surface area contributed by atoms with Crippen LogP contribution in [0.1, 0.15) is 58.9 Å². The van der Waals surface area contributed by atoms with Crippen LogP contribution in [0.4, 0.5) is 0 Å². The first-order valence-electron chi connectivity index (χ1n) is 11.5. The van der Waals surface area contributed by atoms with E-state index in [1.165, 1.54) is 11.1 Å². The molecule has 1 unspecified atom stereocenters.